The zero-order valence-electron chi connectivity index (χ0n) is 24.9. The second-order valence-electron chi connectivity index (χ2n) is 10.2. The number of carboxylic acids is 1. The van der Waals surface area contributed by atoms with E-state index in [0.717, 1.165) is 23.1 Å². The highest BCUT2D eigenvalue weighted by atomic mass is 79.9. The van der Waals surface area contributed by atoms with Gasteiger partial charge >= 0.3 is 11.9 Å². The summed E-state index contributed by atoms with van der Waals surface area (Å²) in [6.45, 7) is 4.24. The molecule has 11 heteroatoms. The van der Waals surface area contributed by atoms with E-state index in [4.69, 9.17) is 24.3 Å². The summed E-state index contributed by atoms with van der Waals surface area (Å²) in [6.07, 6.45) is 3.11. The lowest BCUT2D eigenvalue weighted by molar-refractivity contribution is -0.139. The van der Waals surface area contributed by atoms with Crippen molar-refractivity contribution >= 4 is 45.3 Å². The number of aromatic carboxylic acids is 1. The molecule has 4 aromatic rings. The minimum atomic E-state index is -0.976. The number of fused-ring (bicyclic) bond motifs is 1. The molecular weight excluding hydrogens is 660 g/mol. The number of esters is 1. The first-order chi connectivity index (χ1) is 21.7. The quantitative estimate of drug-likeness (QED) is 0.203. The summed E-state index contributed by atoms with van der Waals surface area (Å²) in [5.41, 5.74) is 3.27. The number of hydrogen-bond acceptors (Lipinski definition) is 8. The van der Waals surface area contributed by atoms with E-state index in [1.807, 2.05) is 43.3 Å². The highest BCUT2D eigenvalue weighted by Crippen LogP contribution is 2.36. The molecule has 0 amide bonds. The van der Waals surface area contributed by atoms with E-state index in [2.05, 4.69) is 15.9 Å². The lowest BCUT2D eigenvalue weighted by Gasteiger charge is -2.26. The van der Waals surface area contributed by atoms with Gasteiger partial charge in [-0.2, -0.15) is 0 Å². The highest BCUT2D eigenvalue weighted by molar-refractivity contribution is 9.10. The zero-order valence-corrected chi connectivity index (χ0v) is 27.3. The van der Waals surface area contributed by atoms with Gasteiger partial charge in [0.2, 0.25) is 0 Å². The Kier molecular flexibility index (Phi) is 9.99. The number of methoxy groups -OCH3 is 1. The van der Waals surface area contributed by atoms with Crippen molar-refractivity contribution in [3.8, 4) is 11.5 Å². The van der Waals surface area contributed by atoms with Gasteiger partial charge in [-0.15, -0.1) is 0 Å². The average molecular weight is 692 g/mol. The number of aromatic nitrogens is 1. The number of benzene rings is 3. The molecule has 0 aliphatic carbocycles. The van der Waals surface area contributed by atoms with Gasteiger partial charge in [-0.1, -0.05) is 55.0 Å². The Morgan fingerprint density at radius 1 is 1.07 bits per heavy atom. The van der Waals surface area contributed by atoms with Crippen molar-refractivity contribution in [1.82, 2.24) is 4.57 Å². The SMILES string of the molecule is CCCC1=C(C(=O)OCC)[C@@H](c2ccc(OC)c(Br)c2)n2c(s/c(=C/c3ccc(OCc4ccc(C(=O)O)cc4)cc3)c2=O)=N1. The van der Waals surface area contributed by atoms with Crippen LogP contribution in [0, 0.1) is 0 Å². The fraction of sp³-hybridized carbons (Fsp3) is 0.235. The van der Waals surface area contributed by atoms with Crippen LogP contribution in [-0.4, -0.2) is 35.3 Å². The predicted molar refractivity (Wildman–Crippen MR) is 175 cm³/mol. The molecule has 3 aromatic carbocycles. The number of nitrogens with zero attached hydrogens (tertiary/aromatic N) is 2. The lowest BCUT2D eigenvalue weighted by atomic mass is 9.94. The van der Waals surface area contributed by atoms with Gasteiger partial charge in [0.1, 0.15) is 18.1 Å². The number of carbonyl (C=O) groups is 2. The van der Waals surface area contributed by atoms with E-state index in [0.29, 0.717) is 43.0 Å². The summed E-state index contributed by atoms with van der Waals surface area (Å²) >= 11 is 4.82. The molecule has 0 unspecified atom stereocenters. The van der Waals surface area contributed by atoms with E-state index in [1.54, 1.807) is 55.0 Å². The summed E-state index contributed by atoms with van der Waals surface area (Å²) in [5.74, 6) is -0.214. The molecule has 0 radical (unpaired) electrons. The van der Waals surface area contributed by atoms with Crippen LogP contribution in [0.4, 0.5) is 0 Å². The Morgan fingerprint density at radius 3 is 2.42 bits per heavy atom. The maximum atomic E-state index is 14.0. The smallest absolute Gasteiger partial charge is 0.338 e. The Balaban J connectivity index is 1.50. The van der Waals surface area contributed by atoms with Crippen molar-refractivity contribution in [3.05, 3.63) is 124 Å². The van der Waals surface area contributed by atoms with Gasteiger partial charge in [0, 0.05) is 0 Å². The van der Waals surface area contributed by atoms with E-state index in [9.17, 15) is 14.4 Å². The number of carboxylic acid groups (broad SMARTS) is 1. The molecule has 2 heterocycles. The number of hydrogen-bond donors (Lipinski definition) is 1. The third-order valence-electron chi connectivity index (χ3n) is 7.17. The summed E-state index contributed by atoms with van der Waals surface area (Å²) in [6, 6.07) is 18.6. The van der Waals surface area contributed by atoms with Gasteiger partial charge in [-0.05, 0) is 88.4 Å². The van der Waals surface area contributed by atoms with Crippen LogP contribution in [0.1, 0.15) is 59.8 Å². The Bertz CT molecular complexity index is 1940. The molecule has 0 bridgehead atoms. The molecule has 1 atom stereocenters. The molecule has 1 aromatic heterocycles. The van der Waals surface area contributed by atoms with Crippen molar-refractivity contribution in [2.24, 2.45) is 4.99 Å². The third kappa shape index (κ3) is 6.94. The van der Waals surface area contributed by atoms with Crippen molar-refractivity contribution < 1.29 is 28.9 Å². The van der Waals surface area contributed by atoms with Gasteiger partial charge in [-0.25, -0.2) is 14.6 Å². The predicted octanol–water partition coefficient (Wildman–Crippen LogP) is 5.63. The largest absolute Gasteiger partial charge is 0.496 e. The Morgan fingerprint density at radius 2 is 1.80 bits per heavy atom. The minimum Gasteiger partial charge on any atom is -0.496 e. The fourth-order valence-corrected chi connectivity index (χ4v) is 6.59. The normalized spacial score (nSPS) is 14.5. The molecule has 0 saturated carbocycles. The van der Waals surface area contributed by atoms with E-state index in [1.165, 1.54) is 11.3 Å². The van der Waals surface area contributed by atoms with E-state index < -0.39 is 18.0 Å². The number of carbonyl (C=O) groups excluding carboxylic acids is 1. The maximum Gasteiger partial charge on any atom is 0.338 e. The standard InChI is InChI=1S/C34H31BrN2O7S/c1-4-6-26-29(33(41)43-5-2)30(23-13-16-27(42-3)25(35)18-23)37-31(38)28(45-34(37)36-26)17-20-9-14-24(15-10-20)44-19-21-7-11-22(12-8-21)32(39)40/h7-18,30H,4-6,19H2,1-3H3,(H,39,40)/b28-17+/t30-/m1/s1. The van der Waals surface area contributed by atoms with Crippen LogP contribution in [0.25, 0.3) is 6.08 Å². The van der Waals surface area contributed by atoms with E-state index in [-0.39, 0.29) is 24.3 Å². The molecule has 45 heavy (non-hydrogen) atoms. The first-order valence-corrected chi connectivity index (χ1v) is 16.0. The average Bonchev–Trinajstić information content (AvgIpc) is 3.34. The Labute approximate surface area is 271 Å². The van der Waals surface area contributed by atoms with Crippen LogP contribution in [-0.2, 0) is 16.1 Å². The summed E-state index contributed by atoms with van der Waals surface area (Å²) in [7, 11) is 1.58. The molecule has 5 rings (SSSR count). The number of rotatable bonds is 11. The fourth-order valence-electron chi connectivity index (χ4n) is 5.01. The number of allylic oxidation sites excluding steroid dienone is 1. The first-order valence-electron chi connectivity index (χ1n) is 14.3. The molecule has 9 nitrogen and oxygen atoms in total. The van der Waals surface area contributed by atoms with Crippen molar-refractivity contribution in [3.63, 3.8) is 0 Å². The monoisotopic (exact) mass is 690 g/mol. The molecule has 0 fully saturated rings. The molecule has 1 aliphatic rings. The number of halogens is 1. The molecular formula is C34H31BrN2O7S. The van der Waals surface area contributed by atoms with Crippen LogP contribution in [0.15, 0.2) is 92.3 Å². The van der Waals surface area contributed by atoms with Gasteiger partial charge in [-0.3, -0.25) is 9.36 Å². The minimum absolute atomic E-state index is 0.196. The van der Waals surface area contributed by atoms with Gasteiger partial charge < -0.3 is 19.3 Å². The number of thiazole rings is 1. The molecule has 0 saturated heterocycles. The summed E-state index contributed by atoms with van der Waals surface area (Å²) in [5, 5.41) is 9.07. The van der Waals surface area contributed by atoms with Gasteiger partial charge in [0.05, 0.1) is 45.6 Å². The van der Waals surface area contributed by atoms with Crippen LogP contribution >= 0.6 is 27.3 Å². The third-order valence-corrected chi connectivity index (χ3v) is 8.77. The van der Waals surface area contributed by atoms with Crippen LogP contribution in [0.5, 0.6) is 11.5 Å². The van der Waals surface area contributed by atoms with E-state index >= 15 is 0 Å². The van der Waals surface area contributed by atoms with Gasteiger partial charge in [0.15, 0.2) is 4.80 Å². The second-order valence-corrected chi connectivity index (χ2v) is 12.0. The van der Waals surface area contributed by atoms with Crippen LogP contribution in [0.3, 0.4) is 0 Å². The Hall–Kier alpha value is -4.48. The highest BCUT2D eigenvalue weighted by Gasteiger charge is 2.34. The molecule has 1 N–H and O–H groups in total. The van der Waals surface area contributed by atoms with Crippen molar-refractivity contribution in [2.75, 3.05) is 13.7 Å². The van der Waals surface area contributed by atoms with Crippen molar-refractivity contribution in [1.29, 1.82) is 0 Å². The van der Waals surface area contributed by atoms with Crippen LogP contribution in [0.2, 0.25) is 0 Å². The topological polar surface area (TPSA) is 116 Å². The molecule has 0 spiro atoms. The molecule has 1 aliphatic heterocycles. The number of ether oxygens (including phenoxy) is 3. The lowest BCUT2D eigenvalue weighted by Crippen LogP contribution is -2.40. The van der Waals surface area contributed by atoms with Gasteiger partial charge in [0.25, 0.3) is 5.56 Å². The van der Waals surface area contributed by atoms with Crippen molar-refractivity contribution in [2.45, 2.75) is 39.3 Å². The zero-order chi connectivity index (χ0) is 32.1. The first kappa shape index (κ1) is 31.9. The summed E-state index contributed by atoms with van der Waals surface area (Å²) < 4.78 is 19.5. The molecule has 232 valence electrons. The second kappa shape index (κ2) is 14.1. The maximum absolute atomic E-state index is 14.0. The summed E-state index contributed by atoms with van der Waals surface area (Å²) in [4.78, 5) is 43.8. The van der Waals surface area contributed by atoms with Crippen LogP contribution < -0.4 is 24.4 Å².